The summed E-state index contributed by atoms with van der Waals surface area (Å²) in [7, 11) is 0. The third kappa shape index (κ3) is 2.18. The van der Waals surface area contributed by atoms with Gasteiger partial charge in [-0.1, -0.05) is 41.4 Å². The number of allylic oxidation sites excluding steroid dienone is 2. The Morgan fingerprint density at radius 1 is 1.38 bits per heavy atom. The summed E-state index contributed by atoms with van der Waals surface area (Å²) in [6.45, 7) is 4.76. The van der Waals surface area contributed by atoms with Gasteiger partial charge < -0.3 is 0 Å². The zero-order chi connectivity index (χ0) is 9.47. The highest BCUT2D eigenvalue weighted by Crippen LogP contribution is 2.43. The maximum absolute atomic E-state index is 3.83. The van der Waals surface area contributed by atoms with E-state index >= 15 is 0 Å². The van der Waals surface area contributed by atoms with Gasteiger partial charge in [0, 0.05) is 4.83 Å². The predicted octanol–water partition coefficient (Wildman–Crippen LogP) is 4.30. The van der Waals surface area contributed by atoms with Gasteiger partial charge in [-0.3, -0.25) is 0 Å². The number of halogens is 1. The first kappa shape index (κ1) is 9.76. The Balaban J connectivity index is 2.24. The van der Waals surface area contributed by atoms with Crippen LogP contribution < -0.4 is 0 Å². The van der Waals surface area contributed by atoms with Crippen LogP contribution in [-0.2, 0) is 0 Å². The van der Waals surface area contributed by atoms with Crippen LogP contribution in [0.15, 0.2) is 11.6 Å². The summed E-state index contributed by atoms with van der Waals surface area (Å²) in [5, 5.41) is 0. The van der Waals surface area contributed by atoms with Crippen LogP contribution >= 0.6 is 15.9 Å². The van der Waals surface area contributed by atoms with Crippen molar-refractivity contribution in [2.45, 2.75) is 50.8 Å². The molecule has 0 aromatic carbocycles. The van der Waals surface area contributed by atoms with Gasteiger partial charge in [-0.25, -0.2) is 0 Å². The molecule has 0 aromatic heterocycles. The van der Waals surface area contributed by atoms with Gasteiger partial charge in [0.05, 0.1) is 0 Å². The van der Waals surface area contributed by atoms with Crippen molar-refractivity contribution in [3.63, 3.8) is 0 Å². The lowest BCUT2D eigenvalue weighted by Crippen LogP contribution is -2.26. The van der Waals surface area contributed by atoms with Crippen molar-refractivity contribution >= 4 is 15.9 Å². The molecular formula is C12H19Br. The average molecular weight is 243 g/mol. The van der Waals surface area contributed by atoms with Gasteiger partial charge in [0.2, 0.25) is 0 Å². The minimum Gasteiger partial charge on any atom is -0.0884 e. The van der Waals surface area contributed by atoms with Crippen molar-refractivity contribution in [1.82, 2.24) is 0 Å². The van der Waals surface area contributed by atoms with Gasteiger partial charge in [-0.15, -0.1) is 0 Å². The molecule has 2 unspecified atom stereocenters. The molecule has 2 bridgehead atoms. The fraction of sp³-hybridized carbons (Fsp3) is 0.833. The van der Waals surface area contributed by atoms with E-state index in [1.807, 2.05) is 0 Å². The second-order valence-electron chi connectivity index (χ2n) is 5.35. The minimum absolute atomic E-state index is 0.459. The summed E-state index contributed by atoms with van der Waals surface area (Å²) < 4.78 is 0. The van der Waals surface area contributed by atoms with Crippen molar-refractivity contribution in [3.05, 3.63) is 11.6 Å². The van der Waals surface area contributed by atoms with E-state index in [1.165, 1.54) is 32.1 Å². The average Bonchev–Trinajstić information content (AvgIpc) is 1.99. The summed E-state index contributed by atoms with van der Waals surface area (Å²) >= 11 is 3.83. The second-order valence-corrected chi connectivity index (χ2v) is 6.52. The molecule has 2 atom stereocenters. The Morgan fingerprint density at radius 3 is 2.85 bits per heavy atom. The van der Waals surface area contributed by atoms with Crippen molar-refractivity contribution < 1.29 is 0 Å². The van der Waals surface area contributed by atoms with E-state index < -0.39 is 0 Å². The molecule has 0 aliphatic heterocycles. The number of hydrogen-bond donors (Lipinski definition) is 0. The molecule has 13 heavy (non-hydrogen) atoms. The maximum atomic E-state index is 3.83. The van der Waals surface area contributed by atoms with Crippen molar-refractivity contribution in [3.8, 4) is 0 Å². The molecule has 0 aromatic rings. The van der Waals surface area contributed by atoms with Crippen molar-refractivity contribution in [1.29, 1.82) is 0 Å². The third-order valence-corrected chi connectivity index (χ3v) is 4.63. The molecule has 0 heterocycles. The Morgan fingerprint density at radius 2 is 2.15 bits per heavy atom. The van der Waals surface area contributed by atoms with Gasteiger partial charge in [-0.05, 0) is 43.4 Å². The van der Waals surface area contributed by atoms with Crippen LogP contribution in [0.1, 0.15) is 46.0 Å². The minimum atomic E-state index is 0.459. The smallest absolute Gasteiger partial charge is 0.0211 e. The topological polar surface area (TPSA) is 0 Å². The summed E-state index contributed by atoms with van der Waals surface area (Å²) in [5.41, 5.74) is 2.16. The van der Waals surface area contributed by atoms with Gasteiger partial charge in [0.15, 0.2) is 0 Å². The highest BCUT2D eigenvalue weighted by atomic mass is 79.9. The maximum Gasteiger partial charge on any atom is 0.0211 e. The highest BCUT2D eigenvalue weighted by molar-refractivity contribution is 9.09. The molecule has 0 amide bonds. The van der Waals surface area contributed by atoms with Crippen LogP contribution in [0.3, 0.4) is 0 Å². The molecule has 1 saturated carbocycles. The van der Waals surface area contributed by atoms with E-state index in [4.69, 9.17) is 0 Å². The van der Waals surface area contributed by atoms with Crippen LogP contribution in [0.5, 0.6) is 0 Å². The molecule has 0 nitrogen and oxygen atoms in total. The zero-order valence-electron chi connectivity index (χ0n) is 8.65. The van der Waals surface area contributed by atoms with Crippen molar-refractivity contribution in [2.24, 2.45) is 11.3 Å². The Kier molecular flexibility index (Phi) is 2.57. The highest BCUT2D eigenvalue weighted by Gasteiger charge is 2.30. The Labute approximate surface area is 89.9 Å². The zero-order valence-corrected chi connectivity index (χ0v) is 10.2. The monoisotopic (exact) mass is 242 g/mol. The standard InChI is InChI=1S/C12H19Br/c1-12(2)6-5-10-4-3-9(8-12)7-11(10)13/h8,10-11H,3-7H2,1-2H3/b9-8+. The molecule has 0 radical (unpaired) electrons. The quantitative estimate of drug-likeness (QED) is 0.439. The third-order valence-electron chi connectivity index (χ3n) is 3.56. The second kappa shape index (κ2) is 3.42. The van der Waals surface area contributed by atoms with Crippen LogP contribution in [-0.4, -0.2) is 4.83 Å². The number of hydrogen-bond acceptors (Lipinski definition) is 0. The van der Waals surface area contributed by atoms with E-state index in [1.54, 1.807) is 5.57 Å². The number of rotatable bonds is 0. The Hall–Kier alpha value is 0.220. The van der Waals surface area contributed by atoms with E-state index in [9.17, 15) is 0 Å². The lowest BCUT2D eigenvalue weighted by Gasteiger charge is -2.36. The first-order valence-electron chi connectivity index (χ1n) is 5.41. The van der Waals surface area contributed by atoms with Gasteiger partial charge in [0.25, 0.3) is 0 Å². The molecule has 1 heteroatoms. The van der Waals surface area contributed by atoms with Gasteiger partial charge in [-0.2, -0.15) is 0 Å². The van der Waals surface area contributed by atoms with Crippen LogP contribution in [0, 0.1) is 11.3 Å². The fourth-order valence-corrected chi connectivity index (χ4v) is 3.65. The molecule has 0 spiro atoms. The lowest BCUT2D eigenvalue weighted by molar-refractivity contribution is 0.302. The summed E-state index contributed by atoms with van der Waals surface area (Å²) in [5.74, 6) is 0.941. The molecule has 3 aliphatic carbocycles. The molecule has 3 rings (SSSR count). The van der Waals surface area contributed by atoms with E-state index in [-0.39, 0.29) is 0 Å². The Bertz CT molecular complexity index is 227. The van der Waals surface area contributed by atoms with Crippen molar-refractivity contribution in [2.75, 3.05) is 0 Å². The summed E-state index contributed by atoms with van der Waals surface area (Å²) in [4.78, 5) is 0.767. The number of fused-ring (bicyclic) bond motifs is 5. The molecule has 3 aliphatic rings. The normalized spacial score (nSPS) is 41.9. The first-order valence-corrected chi connectivity index (χ1v) is 6.33. The lowest BCUT2D eigenvalue weighted by atomic mass is 9.72. The van der Waals surface area contributed by atoms with Crippen LogP contribution in [0.4, 0.5) is 0 Å². The molecule has 1 fully saturated rings. The predicted molar refractivity (Wildman–Crippen MR) is 61.2 cm³/mol. The van der Waals surface area contributed by atoms with Crippen LogP contribution in [0.25, 0.3) is 0 Å². The summed E-state index contributed by atoms with van der Waals surface area (Å²) in [6.07, 6.45) is 9.38. The van der Waals surface area contributed by atoms with Crippen LogP contribution in [0.2, 0.25) is 0 Å². The molecule has 74 valence electrons. The first-order chi connectivity index (χ1) is 6.07. The molecular weight excluding hydrogens is 224 g/mol. The largest absolute Gasteiger partial charge is 0.0884 e. The van der Waals surface area contributed by atoms with E-state index in [0.29, 0.717) is 5.41 Å². The van der Waals surface area contributed by atoms with E-state index in [2.05, 4.69) is 35.9 Å². The van der Waals surface area contributed by atoms with Gasteiger partial charge >= 0.3 is 0 Å². The molecule has 0 N–H and O–H groups in total. The fourth-order valence-electron chi connectivity index (χ4n) is 2.71. The number of alkyl halides is 1. The van der Waals surface area contributed by atoms with Gasteiger partial charge in [0.1, 0.15) is 0 Å². The van der Waals surface area contributed by atoms with E-state index in [0.717, 1.165) is 10.7 Å². The molecule has 0 saturated heterocycles. The SMILES string of the molecule is CC1(C)/C=C2\CCC(CC1)C(Br)C2. The summed E-state index contributed by atoms with van der Waals surface area (Å²) in [6, 6.07) is 0.